The Labute approximate surface area is 128 Å². The molecular weight excluding hydrogens is 266 g/mol. The molecule has 0 atom stereocenters. The molecule has 1 fully saturated rings. The van der Waals surface area contributed by atoms with Crippen LogP contribution in [0.5, 0.6) is 0 Å². The summed E-state index contributed by atoms with van der Waals surface area (Å²) in [4.78, 5) is 8.00. The number of rotatable bonds is 8. The molecule has 20 heavy (non-hydrogen) atoms. The van der Waals surface area contributed by atoms with Crippen LogP contribution in [0.2, 0.25) is 0 Å². The summed E-state index contributed by atoms with van der Waals surface area (Å²) in [6.45, 7) is 12.6. The van der Waals surface area contributed by atoms with Crippen LogP contribution in [0.3, 0.4) is 0 Å². The Morgan fingerprint density at radius 3 is 2.80 bits per heavy atom. The van der Waals surface area contributed by atoms with E-state index < -0.39 is 0 Å². The lowest BCUT2D eigenvalue weighted by Crippen LogP contribution is -2.31. The molecule has 0 saturated carbocycles. The first kappa shape index (κ1) is 16.0. The van der Waals surface area contributed by atoms with Crippen molar-refractivity contribution in [2.24, 2.45) is 0 Å². The maximum absolute atomic E-state index is 3.41. The van der Waals surface area contributed by atoms with Gasteiger partial charge in [-0.2, -0.15) is 0 Å². The standard InChI is InChI=1S/C16H29N3S/c1-4-17-12-16-11-15(14(2)20-16)13-18(3)9-10-19-7-5-6-8-19/h11,17H,4-10,12-13H2,1-3H3. The molecule has 1 aromatic rings. The molecule has 1 saturated heterocycles. The van der Waals surface area contributed by atoms with Gasteiger partial charge in [0, 0.05) is 35.9 Å². The smallest absolute Gasteiger partial charge is 0.0299 e. The summed E-state index contributed by atoms with van der Waals surface area (Å²) in [5.74, 6) is 0. The lowest BCUT2D eigenvalue weighted by molar-refractivity contribution is 0.252. The van der Waals surface area contributed by atoms with Gasteiger partial charge in [-0.25, -0.2) is 0 Å². The van der Waals surface area contributed by atoms with Crippen molar-refractivity contribution in [2.45, 2.75) is 39.8 Å². The van der Waals surface area contributed by atoms with Crippen LogP contribution in [0, 0.1) is 6.92 Å². The zero-order chi connectivity index (χ0) is 14.4. The minimum atomic E-state index is 1.01. The lowest BCUT2D eigenvalue weighted by Gasteiger charge is -2.21. The molecule has 1 aliphatic rings. The molecule has 3 nitrogen and oxygen atoms in total. The fourth-order valence-corrected chi connectivity index (χ4v) is 3.79. The zero-order valence-corrected chi connectivity index (χ0v) is 14.1. The van der Waals surface area contributed by atoms with Crippen molar-refractivity contribution in [1.29, 1.82) is 0 Å². The quantitative estimate of drug-likeness (QED) is 0.795. The van der Waals surface area contributed by atoms with E-state index in [0.29, 0.717) is 0 Å². The summed E-state index contributed by atoms with van der Waals surface area (Å²) >= 11 is 1.94. The number of likely N-dealkylation sites (tertiary alicyclic amines) is 1. The van der Waals surface area contributed by atoms with Gasteiger partial charge in [-0.1, -0.05) is 6.92 Å². The third-order valence-corrected chi connectivity index (χ3v) is 5.15. The third kappa shape index (κ3) is 4.85. The predicted molar refractivity (Wildman–Crippen MR) is 88.4 cm³/mol. The van der Waals surface area contributed by atoms with E-state index in [1.807, 2.05) is 11.3 Å². The van der Waals surface area contributed by atoms with Gasteiger partial charge in [-0.3, -0.25) is 0 Å². The van der Waals surface area contributed by atoms with Crippen molar-refractivity contribution in [1.82, 2.24) is 15.1 Å². The van der Waals surface area contributed by atoms with Crippen LogP contribution < -0.4 is 5.32 Å². The van der Waals surface area contributed by atoms with Gasteiger partial charge in [-0.15, -0.1) is 11.3 Å². The van der Waals surface area contributed by atoms with Crippen molar-refractivity contribution in [3.8, 4) is 0 Å². The summed E-state index contributed by atoms with van der Waals surface area (Å²) in [6.07, 6.45) is 2.78. The molecule has 0 amide bonds. The second-order valence-electron chi connectivity index (χ2n) is 5.86. The lowest BCUT2D eigenvalue weighted by atomic mass is 10.2. The fraction of sp³-hybridized carbons (Fsp3) is 0.750. The van der Waals surface area contributed by atoms with Crippen molar-refractivity contribution in [3.63, 3.8) is 0 Å². The summed E-state index contributed by atoms with van der Waals surface area (Å²) in [6, 6.07) is 2.38. The monoisotopic (exact) mass is 295 g/mol. The van der Waals surface area contributed by atoms with Gasteiger partial charge >= 0.3 is 0 Å². The molecule has 0 aliphatic carbocycles. The van der Waals surface area contributed by atoms with Crippen molar-refractivity contribution in [2.75, 3.05) is 39.8 Å². The molecule has 0 bridgehead atoms. The van der Waals surface area contributed by atoms with Crippen molar-refractivity contribution in [3.05, 3.63) is 21.4 Å². The van der Waals surface area contributed by atoms with Crippen LogP contribution in [-0.4, -0.2) is 49.6 Å². The Bertz CT molecular complexity index is 396. The first-order valence-electron chi connectivity index (χ1n) is 7.89. The molecule has 0 aromatic carbocycles. The highest BCUT2D eigenvalue weighted by Gasteiger charge is 2.13. The summed E-state index contributed by atoms with van der Waals surface area (Å²) < 4.78 is 0. The Morgan fingerprint density at radius 1 is 1.35 bits per heavy atom. The van der Waals surface area contributed by atoms with E-state index >= 15 is 0 Å². The minimum absolute atomic E-state index is 1.01. The fourth-order valence-electron chi connectivity index (χ4n) is 2.77. The number of likely N-dealkylation sites (N-methyl/N-ethyl adjacent to an activating group) is 1. The van der Waals surface area contributed by atoms with Crippen LogP contribution in [0.15, 0.2) is 6.07 Å². The maximum atomic E-state index is 3.41. The molecule has 1 aromatic heterocycles. The van der Waals surface area contributed by atoms with E-state index in [1.165, 1.54) is 54.3 Å². The number of thiophene rings is 1. The molecule has 2 heterocycles. The van der Waals surface area contributed by atoms with Gasteiger partial charge in [0.05, 0.1) is 0 Å². The van der Waals surface area contributed by atoms with E-state index in [4.69, 9.17) is 0 Å². The normalized spacial score (nSPS) is 16.4. The highest BCUT2D eigenvalue weighted by molar-refractivity contribution is 7.12. The molecular formula is C16H29N3S. The third-order valence-electron chi connectivity index (χ3n) is 4.06. The molecule has 0 spiro atoms. The Kier molecular flexibility index (Phi) is 6.49. The maximum Gasteiger partial charge on any atom is 0.0299 e. The number of aryl methyl sites for hydroxylation is 1. The minimum Gasteiger partial charge on any atom is -0.312 e. The average Bonchev–Trinajstić information content (AvgIpc) is 3.05. The first-order chi connectivity index (χ1) is 9.69. The van der Waals surface area contributed by atoms with Crippen LogP contribution >= 0.6 is 11.3 Å². The second kappa shape index (κ2) is 8.13. The Balaban J connectivity index is 1.77. The van der Waals surface area contributed by atoms with Gasteiger partial charge in [0.25, 0.3) is 0 Å². The second-order valence-corrected chi connectivity index (χ2v) is 7.20. The number of nitrogens with one attached hydrogen (secondary N) is 1. The van der Waals surface area contributed by atoms with E-state index in [0.717, 1.165) is 19.6 Å². The number of hydrogen-bond donors (Lipinski definition) is 1. The summed E-state index contributed by atoms with van der Waals surface area (Å²) in [5, 5.41) is 3.41. The SMILES string of the molecule is CCNCc1cc(CN(C)CCN2CCCC2)c(C)s1. The highest BCUT2D eigenvalue weighted by Crippen LogP contribution is 2.22. The van der Waals surface area contributed by atoms with Gasteiger partial charge in [0.2, 0.25) is 0 Å². The van der Waals surface area contributed by atoms with E-state index in [9.17, 15) is 0 Å². The molecule has 1 N–H and O–H groups in total. The van der Waals surface area contributed by atoms with Gasteiger partial charge in [-0.05, 0) is 58.1 Å². The molecule has 2 rings (SSSR count). The van der Waals surface area contributed by atoms with Crippen LogP contribution in [0.25, 0.3) is 0 Å². The van der Waals surface area contributed by atoms with Crippen molar-refractivity contribution < 1.29 is 0 Å². The molecule has 1 aliphatic heterocycles. The molecule has 0 radical (unpaired) electrons. The van der Waals surface area contributed by atoms with Gasteiger partial charge in [0.15, 0.2) is 0 Å². The largest absolute Gasteiger partial charge is 0.312 e. The average molecular weight is 295 g/mol. The van der Waals surface area contributed by atoms with E-state index in [1.54, 1.807) is 0 Å². The van der Waals surface area contributed by atoms with Crippen molar-refractivity contribution >= 4 is 11.3 Å². The topological polar surface area (TPSA) is 18.5 Å². The Hall–Kier alpha value is -0.420. The first-order valence-corrected chi connectivity index (χ1v) is 8.70. The summed E-state index contributed by atoms with van der Waals surface area (Å²) in [7, 11) is 2.25. The zero-order valence-electron chi connectivity index (χ0n) is 13.2. The van der Waals surface area contributed by atoms with E-state index in [-0.39, 0.29) is 0 Å². The molecule has 114 valence electrons. The van der Waals surface area contributed by atoms with Crippen LogP contribution in [0.4, 0.5) is 0 Å². The number of hydrogen-bond acceptors (Lipinski definition) is 4. The highest BCUT2D eigenvalue weighted by atomic mass is 32.1. The number of nitrogens with zero attached hydrogens (tertiary/aromatic N) is 2. The Morgan fingerprint density at radius 2 is 2.10 bits per heavy atom. The van der Waals surface area contributed by atoms with Gasteiger partial charge in [0.1, 0.15) is 0 Å². The molecule has 4 heteroatoms. The van der Waals surface area contributed by atoms with Crippen LogP contribution in [0.1, 0.15) is 35.1 Å². The summed E-state index contributed by atoms with van der Waals surface area (Å²) in [5.41, 5.74) is 1.51. The van der Waals surface area contributed by atoms with E-state index in [2.05, 4.69) is 42.1 Å². The van der Waals surface area contributed by atoms with Crippen LogP contribution in [-0.2, 0) is 13.1 Å². The molecule has 0 unspecified atom stereocenters. The van der Waals surface area contributed by atoms with Gasteiger partial charge < -0.3 is 15.1 Å². The predicted octanol–water partition coefficient (Wildman–Crippen LogP) is 2.69.